The number of benzene rings is 2. The van der Waals surface area contributed by atoms with Gasteiger partial charge in [-0.1, -0.05) is 23.7 Å². The Morgan fingerprint density at radius 3 is 2.56 bits per heavy atom. The Bertz CT molecular complexity index is 1080. The first-order valence-corrected chi connectivity index (χ1v) is 8.65. The lowest BCUT2D eigenvalue weighted by molar-refractivity contribution is -0.160. The molecule has 3 nitrogen and oxygen atoms in total. The first-order chi connectivity index (χ1) is 12.8. The lowest BCUT2D eigenvalue weighted by atomic mass is 9.95. The highest BCUT2D eigenvalue weighted by Crippen LogP contribution is 2.59. The van der Waals surface area contributed by atoms with Crippen LogP contribution in [0.1, 0.15) is 24.0 Å². The molecule has 0 bridgehead atoms. The van der Waals surface area contributed by atoms with E-state index in [0.717, 1.165) is 0 Å². The van der Waals surface area contributed by atoms with Gasteiger partial charge < -0.3 is 5.32 Å². The molecule has 1 N–H and O–H groups in total. The molecule has 1 aliphatic rings. The number of nitriles is 1. The number of alkyl halides is 3. The molecule has 7 heteroatoms. The van der Waals surface area contributed by atoms with Gasteiger partial charge in [-0.2, -0.15) is 18.4 Å². The Kier molecular flexibility index (Phi) is 4.01. The Hall–Kier alpha value is -2.78. The summed E-state index contributed by atoms with van der Waals surface area (Å²) in [5, 5.41) is 13.1. The van der Waals surface area contributed by atoms with Crippen LogP contribution >= 0.6 is 11.6 Å². The number of aromatic nitrogens is 1. The molecule has 0 radical (unpaired) electrons. The molecular formula is C20H13ClF3N3. The van der Waals surface area contributed by atoms with Crippen LogP contribution in [0.4, 0.5) is 24.7 Å². The van der Waals surface area contributed by atoms with Crippen molar-refractivity contribution >= 4 is 34.0 Å². The molecule has 136 valence electrons. The minimum absolute atomic E-state index is 0.116. The monoisotopic (exact) mass is 387 g/mol. The van der Waals surface area contributed by atoms with E-state index < -0.39 is 11.6 Å². The predicted molar refractivity (Wildman–Crippen MR) is 98.2 cm³/mol. The minimum atomic E-state index is -4.25. The van der Waals surface area contributed by atoms with Crippen LogP contribution in [0.2, 0.25) is 5.02 Å². The molecule has 1 saturated carbocycles. The van der Waals surface area contributed by atoms with Crippen LogP contribution in [0.15, 0.2) is 48.5 Å². The predicted octanol–water partition coefficient (Wildman–Crippen LogP) is 6.10. The molecule has 1 heterocycles. The second-order valence-corrected chi connectivity index (χ2v) is 7.03. The van der Waals surface area contributed by atoms with Crippen molar-refractivity contribution in [2.75, 3.05) is 5.32 Å². The minimum Gasteiger partial charge on any atom is -0.340 e. The topological polar surface area (TPSA) is 48.7 Å². The highest BCUT2D eigenvalue weighted by Gasteiger charge is 2.64. The van der Waals surface area contributed by atoms with Gasteiger partial charge in [-0.05, 0) is 54.8 Å². The van der Waals surface area contributed by atoms with Gasteiger partial charge in [-0.3, -0.25) is 0 Å². The molecule has 4 rings (SSSR count). The van der Waals surface area contributed by atoms with Crippen molar-refractivity contribution in [1.29, 1.82) is 5.26 Å². The van der Waals surface area contributed by atoms with Gasteiger partial charge in [0.25, 0.3) is 0 Å². The molecule has 1 fully saturated rings. The third-order valence-electron chi connectivity index (χ3n) is 4.86. The van der Waals surface area contributed by atoms with E-state index in [0.29, 0.717) is 33.0 Å². The number of halogens is 4. The summed E-state index contributed by atoms with van der Waals surface area (Å²) in [6, 6.07) is 15.0. The van der Waals surface area contributed by atoms with Gasteiger partial charge in [0, 0.05) is 11.1 Å². The normalized spacial score (nSPS) is 15.4. The number of hydrogen-bond donors (Lipinski definition) is 1. The van der Waals surface area contributed by atoms with E-state index in [1.165, 1.54) is 18.2 Å². The van der Waals surface area contributed by atoms with Crippen molar-refractivity contribution in [2.45, 2.75) is 24.4 Å². The highest BCUT2D eigenvalue weighted by atomic mass is 35.5. The van der Waals surface area contributed by atoms with Gasteiger partial charge in [0.05, 0.1) is 27.6 Å². The SMILES string of the molecule is N#Cc1cc(Cl)c2nc(Nc3cccc(C4(C(F)(F)F)CC4)c3)ccc2c1. The third kappa shape index (κ3) is 3.08. The van der Waals surface area contributed by atoms with Gasteiger partial charge in [0.1, 0.15) is 5.82 Å². The van der Waals surface area contributed by atoms with Gasteiger partial charge in [0.15, 0.2) is 0 Å². The van der Waals surface area contributed by atoms with Crippen molar-refractivity contribution in [3.63, 3.8) is 0 Å². The molecule has 0 saturated heterocycles. The number of nitrogens with one attached hydrogen (secondary N) is 1. The van der Waals surface area contributed by atoms with Crippen LogP contribution in [0.25, 0.3) is 10.9 Å². The number of pyridine rings is 1. The summed E-state index contributed by atoms with van der Waals surface area (Å²) in [5.41, 5.74) is 0.0193. The second kappa shape index (κ2) is 6.14. The molecule has 0 amide bonds. The first kappa shape index (κ1) is 17.6. The van der Waals surface area contributed by atoms with Crippen molar-refractivity contribution in [1.82, 2.24) is 4.98 Å². The Balaban J connectivity index is 1.66. The van der Waals surface area contributed by atoms with E-state index in [4.69, 9.17) is 16.9 Å². The van der Waals surface area contributed by atoms with Crippen molar-refractivity contribution in [3.8, 4) is 6.07 Å². The van der Waals surface area contributed by atoms with Crippen LogP contribution in [-0.4, -0.2) is 11.2 Å². The Morgan fingerprint density at radius 1 is 1.11 bits per heavy atom. The molecule has 0 unspecified atom stereocenters. The zero-order valence-electron chi connectivity index (χ0n) is 13.9. The number of rotatable bonds is 3. The van der Waals surface area contributed by atoms with Crippen LogP contribution in [0.3, 0.4) is 0 Å². The first-order valence-electron chi connectivity index (χ1n) is 8.27. The zero-order chi connectivity index (χ0) is 19.2. The molecule has 0 spiro atoms. The van der Waals surface area contributed by atoms with E-state index in [-0.39, 0.29) is 18.4 Å². The van der Waals surface area contributed by atoms with Crippen LogP contribution in [0.5, 0.6) is 0 Å². The largest absolute Gasteiger partial charge is 0.398 e. The summed E-state index contributed by atoms with van der Waals surface area (Å²) < 4.78 is 40.1. The van der Waals surface area contributed by atoms with Gasteiger partial charge >= 0.3 is 6.18 Å². The quantitative estimate of drug-likeness (QED) is 0.591. The molecule has 3 aromatic rings. The van der Waals surface area contributed by atoms with Crippen LogP contribution in [0, 0.1) is 11.3 Å². The summed E-state index contributed by atoms with van der Waals surface area (Å²) in [7, 11) is 0. The maximum absolute atomic E-state index is 13.4. The molecule has 27 heavy (non-hydrogen) atoms. The summed E-state index contributed by atoms with van der Waals surface area (Å²) in [6.45, 7) is 0. The van der Waals surface area contributed by atoms with E-state index in [1.54, 1.807) is 30.3 Å². The van der Waals surface area contributed by atoms with E-state index in [2.05, 4.69) is 10.3 Å². The van der Waals surface area contributed by atoms with E-state index in [1.807, 2.05) is 6.07 Å². The van der Waals surface area contributed by atoms with E-state index in [9.17, 15) is 13.2 Å². The molecule has 0 atom stereocenters. The van der Waals surface area contributed by atoms with Gasteiger partial charge in [-0.25, -0.2) is 4.98 Å². The highest BCUT2D eigenvalue weighted by molar-refractivity contribution is 6.35. The molecule has 1 aliphatic carbocycles. The summed E-state index contributed by atoms with van der Waals surface area (Å²) in [6.07, 6.45) is -4.02. The van der Waals surface area contributed by atoms with Crippen LogP contribution in [-0.2, 0) is 5.41 Å². The Labute approximate surface area is 158 Å². The van der Waals surface area contributed by atoms with Crippen molar-refractivity contribution in [3.05, 3.63) is 64.7 Å². The standard InChI is InChI=1S/C20H13ClF3N3/c21-16-9-12(11-25)8-13-4-5-17(27-18(13)16)26-15-3-1-2-14(10-15)19(6-7-19)20(22,23)24/h1-5,8-10H,6-7H2,(H,26,27). The fourth-order valence-electron chi connectivity index (χ4n) is 3.23. The Morgan fingerprint density at radius 2 is 1.89 bits per heavy atom. The second-order valence-electron chi connectivity index (χ2n) is 6.62. The number of anilines is 2. The summed E-state index contributed by atoms with van der Waals surface area (Å²) in [5.74, 6) is 0.461. The maximum atomic E-state index is 13.4. The van der Waals surface area contributed by atoms with Crippen molar-refractivity contribution in [2.24, 2.45) is 0 Å². The van der Waals surface area contributed by atoms with Gasteiger partial charge in [0.2, 0.25) is 0 Å². The fourth-order valence-corrected chi connectivity index (χ4v) is 3.50. The van der Waals surface area contributed by atoms with Crippen LogP contribution < -0.4 is 5.32 Å². The third-order valence-corrected chi connectivity index (χ3v) is 5.14. The van der Waals surface area contributed by atoms with E-state index >= 15 is 0 Å². The molecule has 1 aromatic heterocycles. The lowest BCUT2D eigenvalue weighted by Gasteiger charge is -2.20. The summed E-state index contributed by atoms with van der Waals surface area (Å²) in [4.78, 5) is 4.43. The molecule has 0 aliphatic heterocycles. The number of nitrogens with zero attached hydrogens (tertiary/aromatic N) is 2. The maximum Gasteiger partial charge on any atom is 0.398 e. The van der Waals surface area contributed by atoms with Crippen molar-refractivity contribution < 1.29 is 13.2 Å². The molecular weight excluding hydrogens is 375 g/mol. The van der Waals surface area contributed by atoms with Gasteiger partial charge in [-0.15, -0.1) is 0 Å². The number of hydrogen-bond acceptors (Lipinski definition) is 3. The average Bonchev–Trinajstić information content (AvgIpc) is 3.44. The lowest BCUT2D eigenvalue weighted by Crippen LogP contribution is -2.28. The zero-order valence-corrected chi connectivity index (χ0v) is 14.7. The summed E-state index contributed by atoms with van der Waals surface area (Å²) >= 11 is 6.19. The smallest absolute Gasteiger partial charge is 0.340 e. The average molecular weight is 388 g/mol. The number of fused-ring (bicyclic) bond motifs is 1. The molecule has 2 aromatic carbocycles. The fraction of sp³-hybridized carbons (Fsp3) is 0.200.